The lowest BCUT2D eigenvalue weighted by molar-refractivity contribution is -0.0766. The molecule has 0 radical (unpaired) electrons. The molecule has 23 heavy (non-hydrogen) atoms. The number of hydrogen-bond donors (Lipinski definition) is 1. The maximum Gasteiger partial charge on any atom is 0.278 e. The SMILES string of the molecule is CCC1=NN(C(=O)c2ccccc2Br)[C@@](O)(c2ccccc2)C1. The summed E-state index contributed by atoms with van der Waals surface area (Å²) in [7, 11) is 0. The molecule has 0 saturated carbocycles. The fourth-order valence-electron chi connectivity index (χ4n) is 2.71. The molecule has 1 heterocycles. The van der Waals surface area contributed by atoms with Crippen LogP contribution < -0.4 is 0 Å². The lowest BCUT2D eigenvalue weighted by atomic mass is 9.96. The molecule has 1 aliphatic rings. The molecule has 0 aromatic heterocycles. The van der Waals surface area contributed by atoms with E-state index in [0.29, 0.717) is 28.4 Å². The van der Waals surface area contributed by atoms with Crippen LogP contribution in [0.1, 0.15) is 35.7 Å². The molecule has 118 valence electrons. The van der Waals surface area contributed by atoms with E-state index >= 15 is 0 Å². The summed E-state index contributed by atoms with van der Waals surface area (Å²) in [5.41, 5.74) is 0.492. The number of carbonyl (C=O) groups is 1. The molecule has 1 atom stereocenters. The van der Waals surface area contributed by atoms with Crippen LogP contribution in [0, 0.1) is 0 Å². The lowest BCUT2D eigenvalue weighted by Crippen LogP contribution is -2.43. The van der Waals surface area contributed by atoms with Crippen molar-refractivity contribution in [1.82, 2.24) is 5.01 Å². The summed E-state index contributed by atoms with van der Waals surface area (Å²) in [5, 5.41) is 16.8. The number of amides is 1. The third-order valence-electron chi connectivity index (χ3n) is 3.98. The van der Waals surface area contributed by atoms with Crippen LogP contribution in [-0.2, 0) is 5.72 Å². The lowest BCUT2D eigenvalue weighted by Gasteiger charge is -2.31. The molecule has 0 bridgehead atoms. The van der Waals surface area contributed by atoms with Crippen molar-refractivity contribution < 1.29 is 9.90 Å². The van der Waals surface area contributed by atoms with Gasteiger partial charge in [0.1, 0.15) is 0 Å². The minimum absolute atomic E-state index is 0.323. The van der Waals surface area contributed by atoms with E-state index < -0.39 is 5.72 Å². The van der Waals surface area contributed by atoms with Crippen LogP contribution in [0.3, 0.4) is 0 Å². The first-order valence-corrected chi connectivity index (χ1v) is 8.29. The summed E-state index contributed by atoms with van der Waals surface area (Å²) in [6.07, 6.45) is 1.01. The van der Waals surface area contributed by atoms with Gasteiger partial charge in [-0.25, -0.2) is 0 Å². The van der Waals surface area contributed by atoms with E-state index in [1.165, 1.54) is 5.01 Å². The van der Waals surface area contributed by atoms with Crippen molar-refractivity contribution in [2.24, 2.45) is 5.10 Å². The Morgan fingerprint density at radius 2 is 1.87 bits per heavy atom. The zero-order valence-electron chi connectivity index (χ0n) is 12.7. The molecule has 1 aliphatic heterocycles. The van der Waals surface area contributed by atoms with Gasteiger partial charge in [-0.3, -0.25) is 4.79 Å². The second-order valence-corrected chi connectivity index (χ2v) is 6.33. The molecule has 0 spiro atoms. The number of halogens is 1. The number of nitrogens with zero attached hydrogens (tertiary/aromatic N) is 2. The Balaban J connectivity index is 2.05. The molecular weight excluding hydrogens is 356 g/mol. The number of hydrazone groups is 1. The maximum atomic E-state index is 12.9. The quantitative estimate of drug-likeness (QED) is 0.887. The Bertz CT molecular complexity index is 761. The Morgan fingerprint density at radius 3 is 2.52 bits per heavy atom. The topological polar surface area (TPSA) is 52.9 Å². The monoisotopic (exact) mass is 372 g/mol. The van der Waals surface area contributed by atoms with Gasteiger partial charge in [0, 0.05) is 22.2 Å². The predicted molar refractivity (Wildman–Crippen MR) is 93.0 cm³/mol. The van der Waals surface area contributed by atoms with E-state index in [-0.39, 0.29) is 5.91 Å². The van der Waals surface area contributed by atoms with E-state index in [1.54, 1.807) is 18.2 Å². The van der Waals surface area contributed by atoms with Gasteiger partial charge in [0.15, 0.2) is 5.72 Å². The number of benzene rings is 2. The summed E-state index contributed by atoms with van der Waals surface area (Å²) in [6, 6.07) is 16.4. The van der Waals surface area contributed by atoms with E-state index in [0.717, 1.165) is 5.71 Å². The highest BCUT2D eigenvalue weighted by Crippen LogP contribution is 2.37. The standard InChI is InChI=1S/C18H17BrN2O2/c1-2-14-12-18(23,13-8-4-3-5-9-13)21(20-14)17(22)15-10-6-7-11-16(15)19/h3-11,23H,2,12H2,1H3/t18-/m0/s1. The highest BCUT2D eigenvalue weighted by Gasteiger charge is 2.45. The molecule has 0 fully saturated rings. The van der Waals surface area contributed by atoms with Crippen molar-refractivity contribution in [1.29, 1.82) is 0 Å². The Kier molecular flexibility index (Phi) is 4.33. The van der Waals surface area contributed by atoms with Crippen LogP contribution in [0.25, 0.3) is 0 Å². The zero-order chi connectivity index (χ0) is 16.4. The molecule has 2 aromatic carbocycles. The van der Waals surface area contributed by atoms with E-state index in [4.69, 9.17) is 0 Å². The molecular formula is C18H17BrN2O2. The summed E-state index contributed by atoms with van der Waals surface area (Å²) < 4.78 is 0.681. The highest BCUT2D eigenvalue weighted by atomic mass is 79.9. The first-order chi connectivity index (χ1) is 11.1. The van der Waals surface area contributed by atoms with Gasteiger partial charge in [-0.15, -0.1) is 0 Å². The van der Waals surface area contributed by atoms with Crippen LogP contribution in [-0.4, -0.2) is 21.7 Å². The van der Waals surface area contributed by atoms with Crippen molar-refractivity contribution >= 4 is 27.5 Å². The molecule has 1 amide bonds. The largest absolute Gasteiger partial charge is 0.365 e. The smallest absolute Gasteiger partial charge is 0.278 e. The minimum atomic E-state index is -1.45. The van der Waals surface area contributed by atoms with Crippen molar-refractivity contribution in [2.45, 2.75) is 25.5 Å². The number of aliphatic hydroxyl groups is 1. The molecule has 2 aromatic rings. The summed E-state index contributed by atoms with van der Waals surface area (Å²) >= 11 is 3.39. The Labute approximate surface area is 143 Å². The van der Waals surface area contributed by atoms with Crippen LogP contribution in [0.4, 0.5) is 0 Å². The van der Waals surface area contributed by atoms with Gasteiger partial charge in [0.05, 0.1) is 5.56 Å². The molecule has 0 unspecified atom stereocenters. The van der Waals surface area contributed by atoms with Crippen LogP contribution >= 0.6 is 15.9 Å². The maximum absolute atomic E-state index is 12.9. The number of carbonyl (C=O) groups excluding carboxylic acids is 1. The third kappa shape index (κ3) is 2.82. The Hall–Kier alpha value is -1.98. The number of hydrogen-bond acceptors (Lipinski definition) is 3. The fraction of sp³-hybridized carbons (Fsp3) is 0.222. The van der Waals surface area contributed by atoms with Crippen molar-refractivity contribution in [3.8, 4) is 0 Å². The van der Waals surface area contributed by atoms with Gasteiger partial charge in [0.2, 0.25) is 0 Å². The van der Waals surface area contributed by atoms with Crippen LogP contribution in [0.2, 0.25) is 0 Å². The molecule has 1 N–H and O–H groups in total. The fourth-order valence-corrected chi connectivity index (χ4v) is 3.16. The van der Waals surface area contributed by atoms with Gasteiger partial charge in [-0.2, -0.15) is 10.1 Å². The highest BCUT2D eigenvalue weighted by molar-refractivity contribution is 9.10. The summed E-state index contributed by atoms with van der Waals surface area (Å²) in [5.74, 6) is -0.327. The van der Waals surface area contributed by atoms with Gasteiger partial charge < -0.3 is 5.11 Å². The first kappa shape index (κ1) is 15.9. The normalized spacial score (nSPS) is 20.5. The molecule has 0 aliphatic carbocycles. The Morgan fingerprint density at radius 1 is 1.22 bits per heavy atom. The summed E-state index contributed by atoms with van der Waals surface area (Å²) in [6.45, 7) is 1.97. The predicted octanol–water partition coefficient (Wildman–Crippen LogP) is 3.91. The molecule has 5 heteroatoms. The van der Waals surface area contributed by atoms with E-state index in [1.807, 2.05) is 43.3 Å². The first-order valence-electron chi connectivity index (χ1n) is 7.49. The van der Waals surface area contributed by atoms with E-state index in [2.05, 4.69) is 21.0 Å². The second kappa shape index (κ2) is 6.26. The molecule has 0 saturated heterocycles. The minimum Gasteiger partial charge on any atom is -0.365 e. The average molecular weight is 373 g/mol. The molecule has 3 rings (SSSR count). The van der Waals surface area contributed by atoms with Crippen LogP contribution in [0.5, 0.6) is 0 Å². The van der Waals surface area contributed by atoms with E-state index in [9.17, 15) is 9.90 Å². The van der Waals surface area contributed by atoms with Crippen LogP contribution in [0.15, 0.2) is 64.2 Å². The summed E-state index contributed by atoms with van der Waals surface area (Å²) in [4.78, 5) is 12.9. The molecule has 4 nitrogen and oxygen atoms in total. The average Bonchev–Trinajstić information content (AvgIpc) is 2.94. The van der Waals surface area contributed by atoms with Crippen molar-refractivity contribution in [2.75, 3.05) is 0 Å². The second-order valence-electron chi connectivity index (χ2n) is 5.48. The van der Waals surface area contributed by atoms with Crippen molar-refractivity contribution in [3.05, 3.63) is 70.2 Å². The van der Waals surface area contributed by atoms with Gasteiger partial charge in [-0.1, -0.05) is 49.4 Å². The van der Waals surface area contributed by atoms with Gasteiger partial charge in [0.25, 0.3) is 5.91 Å². The van der Waals surface area contributed by atoms with Gasteiger partial charge >= 0.3 is 0 Å². The van der Waals surface area contributed by atoms with Gasteiger partial charge in [-0.05, 0) is 34.5 Å². The number of rotatable bonds is 3. The van der Waals surface area contributed by atoms with Crippen molar-refractivity contribution in [3.63, 3.8) is 0 Å². The third-order valence-corrected chi connectivity index (χ3v) is 4.67. The zero-order valence-corrected chi connectivity index (χ0v) is 14.3.